The van der Waals surface area contributed by atoms with Gasteiger partial charge in [-0.05, 0) is 49.2 Å². The summed E-state index contributed by atoms with van der Waals surface area (Å²) in [4.78, 5) is 12.9. The van der Waals surface area contributed by atoms with Gasteiger partial charge in [0.15, 0.2) is 0 Å². The molecular formula is C28H24BrN3O. The molecule has 0 aliphatic rings. The molecule has 4 rings (SSSR count). The van der Waals surface area contributed by atoms with Crippen molar-refractivity contribution in [1.82, 2.24) is 9.88 Å². The van der Waals surface area contributed by atoms with Gasteiger partial charge in [0.05, 0.1) is 6.04 Å². The minimum atomic E-state index is -0.377. The van der Waals surface area contributed by atoms with Crippen LogP contribution in [0.25, 0.3) is 17.0 Å². The zero-order valence-corrected chi connectivity index (χ0v) is 20.1. The molecule has 1 aromatic heterocycles. The minimum absolute atomic E-state index is 0.0902. The largest absolute Gasteiger partial charge is 0.345 e. The van der Waals surface area contributed by atoms with Crippen LogP contribution in [0.3, 0.4) is 0 Å². The van der Waals surface area contributed by atoms with Crippen LogP contribution >= 0.6 is 15.9 Å². The summed E-state index contributed by atoms with van der Waals surface area (Å²) in [5.41, 5.74) is 5.22. The molecule has 1 N–H and O–H groups in total. The summed E-state index contributed by atoms with van der Waals surface area (Å²) in [5, 5.41) is 13.7. The summed E-state index contributed by atoms with van der Waals surface area (Å²) >= 11 is 3.49. The fourth-order valence-corrected chi connectivity index (χ4v) is 4.27. The number of nitrogens with one attached hydrogen (secondary N) is 1. The summed E-state index contributed by atoms with van der Waals surface area (Å²) < 4.78 is 3.27. The molecule has 1 atom stereocenters. The number of carbonyl (C=O) groups is 1. The lowest BCUT2D eigenvalue weighted by molar-refractivity contribution is -0.117. The molecule has 0 saturated heterocycles. The Balaban J connectivity index is 1.69. The van der Waals surface area contributed by atoms with E-state index in [4.69, 9.17) is 0 Å². The Morgan fingerprint density at radius 2 is 1.73 bits per heavy atom. The van der Waals surface area contributed by atoms with E-state index >= 15 is 0 Å². The number of rotatable bonds is 6. The van der Waals surface area contributed by atoms with Gasteiger partial charge in [-0.2, -0.15) is 5.26 Å². The zero-order valence-electron chi connectivity index (χ0n) is 18.5. The van der Waals surface area contributed by atoms with Crippen LogP contribution in [0.1, 0.15) is 35.3 Å². The van der Waals surface area contributed by atoms with Crippen molar-refractivity contribution in [2.24, 2.45) is 0 Å². The van der Waals surface area contributed by atoms with Crippen LogP contribution in [-0.4, -0.2) is 10.5 Å². The predicted molar refractivity (Wildman–Crippen MR) is 137 cm³/mol. The number of hydrogen-bond donors (Lipinski definition) is 1. The van der Waals surface area contributed by atoms with Gasteiger partial charge in [0.25, 0.3) is 5.91 Å². The molecule has 5 heteroatoms. The van der Waals surface area contributed by atoms with Crippen LogP contribution in [0.5, 0.6) is 0 Å². The normalized spacial score (nSPS) is 12.4. The predicted octanol–water partition coefficient (Wildman–Crippen LogP) is 6.54. The molecule has 0 spiro atoms. The smallest absolute Gasteiger partial charge is 0.262 e. The van der Waals surface area contributed by atoms with E-state index in [2.05, 4.69) is 50.1 Å². The first-order valence-corrected chi connectivity index (χ1v) is 11.6. The molecule has 3 aromatic carbocycles. The van der Waals surface area contributed by atoms with Crippen molar-refractivity contribution in [3.63, 3.8) is 0 Å². The number of nitriles is 1. The van der Waals surface area contributed by atoms with E-state index in [-0.39, 0.29) is 17.5 Å². The number of para-hydroxylation sites is 1. The molecule has 4 nitrogen and oxygen atoms in total. The molecule has 0 fully saturated rings. The maximum atomic E-state index is 12.9. The molecule has 1 amide bonds. The molecule has 4 aromatic rings. The van der Waals surface area contributed by atoms with Crippen LogP contribution in [0.2, 0.25) is 0 Å². The van der Waals surface area contributed by atoms with Crippen LogP contribution in [0.4, 0.5) is 0 Å². The van der Waals surface area contributed by atoms with Crippen molar-refractivity contribution in [2.75, 3.05) is 0 Å². The minimum Gasteiger partial charge on any atom is -0.345 e. The first-order chi connectivity index (χ1) is 16.0. The van der Waals surface area contributed by atoms with Crippen molar-refractivity contribution >= 4 is 38.8 Å². The number of fused-ring (bicyclic) bond motifs is 1. The number of aromatic nitrogens is 1. The number of nitrogens with zero attached hydrogens (tertiary/aromatic N) is 2. The van der Waals surface area contributed by atoms with Gasteiger partial charge in [0, 0.05) is 33.2 Å². The van der Waals surface area contributed by atoms with E-state index in [0.29, 0.717) is 6.54 Å². The number of carbonyl (C=O) groups excluding carboxylic acids is 1. The van der Waals surface area contributed by atoms with Gasteiger partial charge in [-0.15, -0.1) is 0 Å². The maximum absolute atomic E-state index is 12.9. The lowest BCUT2D eigenvalue weighted by Crippen LogP contribution is -2.27. The number of benzene rings is 3. The second-order valence-electron chi connectivity index (χ2n) is 8.00. The highest BCUT2D eigenvalue weighted by Crippen LogP contribution is 2.29. The third kappa shape index (κ3) is 4.92. The van der Waals surface area contributed by atoms with Crippen molar-refractivity contribution < 1.29 is 4.79 Å². The first kappa shape index (κ1) is 22.6. The molecule has 33 heavy (non-hydrogen) atoms. The van der Waals surface area contributed by atoms with E-state index in [0.717, 1.165) is 32.2 Å². The Morgan fingerprint density at radius 1 is 1.06 bits per heavy atom. The first-order valence-electron chi connectivity index (χ1n) is 10.8. The van der Waals surface area contributed by atoms with Crippen LogP contribution in [0.15, 0.2) is 88.9 Å². The Labute approximate surface area is 202 Å². The molecular weight excluding hydrogens is 474 g/mol. The van der Waals surface area contributed by atoms with Crippen molar-refractivity contribution in [2.45, 2.75) is 26.4 Å². The van der Waals surface area contributed by atoms with Crippen LogP contribution < -0.4 is 5.32 Å². The van der Waals surface area contributed by atoms with Gasteiger partial charge in [0.1, 0.15) is 11.6 Å². The lowest BCUT2D eigenvalue weighted by Gasteiger charge is -2.13. The summed E-state index contributed by atoms with van der Waals surface area (Å²) in [5.74, 6) is -0.377. The molecule has 0 aliphatic heterocycles. The van der Waals surface area contributed by atoms with E-state index in [1.807, 2.05) is 74.5 Å². The van der Waals surface area contributed by atoms with Gasteiger partial charge in [-0.25, -0.2) is 0 Å². The quantitative estimate of drug-likeness (QED) is 0.242. The zero-order chi connectivity index (χ0) is 23.4. The molecule has 0 bridgehead atoms. The van der Waals surface area contributed by atoms with Crippen molar-refractivity contribution in [3.8, 4) is 6.07 Å². The summed E-state index contributed by atoms with van der Waals surface area (Å²) in [6.07, 6.45) is 1.71. The highest BCUT2D eigenvalue weighted by Gasteiger charge is 2.17. The molecule has 0 radical (unpaired) electrons. The monoisotopic (exact) mass is 497 g/mol. The fourth-order valence-electron chi connectivity index (χ4n) is 4.01. The average molecular weight is 498 g/mol. The Kier molecular flexibility index (Phi) is 6.76. The third-order valence-corrected chi connectivity index (χ3v) is 6.36. The molecule has 0 saturated carbocycles. The number of amides is 1. The maximum Gasteiger partial charge on any atom is 0.262 e. The summed E-state index contributed by atoms with van der Waals surface area (Å²) in [6.45, 7) is 4.65. The Bertz CT molecular complexity index is 1360. The van der Waals surface area contributed by atoms with Gasteiger partial charge >= 0.3 is 0 Å². The van der Waals surface area contributed by atoms with Crippen molar-refractivity contribution in [1.29, 1.82) is 5.26 Å². The van der Waals surface area contributed by atoms with E-state index in [1.54, 1.807) is 6.08 Å². The van der Waals surface area contributed by atoms with Crippen LogP contribution in [-0.2, 0) is 11.3 Å². The standard InChI is InChI=1S/C28H24BrN3O/c1-19(22-8-4-3-5-9-22)31-28(33)23(17-30)16-26-20(2)32(27-11-7-6-10-25(26)27)18-21-12-14-24(29)15-13-21/h3-16,19H,18H2,1-2H3,(H,31,33)/b23-16+/t19-/m1/s1. The molecule has 164 valence electrons. The highest BCUT2D eigenvalue weighted by molar-refractivity contribution is 9.10. The van der Waals surface area contributed by atoms with E-state index in [1.165, 1.54) is 5.56 Å². The second-order valence-corrected chi connectivity index (χ2v) is 8.92. The average Bonchev–Trinajstić information content (AvgIpc) is 3.10. The van der Waals surface area contributed by atoms with E-state index in [9.17, 15) is 10.1 Å². The Hall–Kier alpha value is -3.62. The lowest BCUT2D eigenvalue weighted by atomic mass is 10.1. The SMILES string of the molecule is Cc1c(/C=C(\C#N)C(=O)N[C@H](C)c2ccccc2)c2ccccc2n1Cc1ccc(Br)cc1. The van der Waals surface area contributed by atoms with Gasteiger partial charge < -0.3 is 9.88 Å². The van der Waals surface area contributed by atoms with Crippen molar-refractivity contribution in [3.05, 3.63) is 111 Å². The molecule has 0 unspecified atom stereocenters. The fraction of sp³-hybridized carbons (Fsp3) is 0.143. The Morgan fingerprint density at radius 3 is 2.42 bits per heavy atom. The highest BCUT2D eigenvalue weighted by atomic mass is 79.9. The number of halogens is 1. The number of hydrogen-bond acceptors (Lipinski definition) is 2. The second kappa shape index (κ2) is 9.89. The van der Waals surface area contributed by atoms with Gasteiger partial charge in [0.2, 0.25) is 0 Å². The topological polar surface area (TPSA) is 57.8 Å². The van der Waals surface area contributed by atoms with Gasteiger partial charge in [-0.3, -0.25) is 4.79 Å². The molecule has 0 aliphatic carbocycles. The summed E-state index contributed by atoms with van der Waals surface area (Å²) in [6, 6.07) is 28.0. The van der Waals surface area contributed by atoms with E-state index < -0.39 is 0 Å². The van der Waals surface area contributed by atoms with Crippen LogP contribution in [0, 0.1) is 18.3 Å². The summed E-state index contributed by atoms with van der Waals surface area (Å²) in [7, 11) is 0. The van der Waals surface area contributed by atoms with Gasteiger partial charge in [-0.1, -0.05) is 76.6 Å². The molecule has 1 heterocycles. The third-order valence-electron chi connectivity index (χ3n) is 5.83.